The molecule has 2 aromatic rings. The van der Waals surface area contributed by atoms with Crippen LogP contribution >= 0.6 is 0 Å². The number of anilines is 1. The van der Waals surface area contributed by atoms with Crippen molar-refractivity contribution in [1.82, 2.24) is 14.9 Å². The largest absolute Gasteiger partial charge is 0.417 e. The van der Waals surface area contributed by atoms with Crippen molar-refractivity contribution >= 4 is 17.2 Å². The van der Waals surface area contributed by atoms with Crippen LogP contribution in [0.2, 0.25) is 0 Å². The van der Waals surface area contributed by atoms with Gasteiger partial charge in [-0.1, -0.05) is 19.9 Å². The van der Waals surface area contributed by atoms with Crippen molar-refractivity contribution in [2.45, 2.75) is 39.0 Å². The number of carbonyl (C=O) groups is 1. The number of allylic oxidation sites excluding steroid dienone is 1. The molecule has 1 aliphatic rings. The average Bonchev–Trinajstić information content (AvgIpc) is 2.81. The first kappa shape index (κ1) is 27.8. The highest BCUT2D eigenvalue weighted by Crippen LogP contribution is 2.34. The number of aliphatic hydroxyl groups is 1. The number of aromatic nitrogens is 2. The Hall–Kier alpha value is -3.80. The van der Waals surface area contributed by atoms with E-state index in [1.54, 1.807) is 0 Å². The number of nitrogens with one attached hydrogen (secondary N) is 1. The molecule has 0 bridgehead atoms. The van der Waals surface area contributed by atoms with Gasteiger partial charge in [0.05, 0.1) is 22.8 Å². The molecular weight excluding hydrogens is 485 g/mol. The summed E-state index contributed by atoms with van der Waals surface area (Å²) >= 11 is 0. The molecule has 37 heavy (non-hydrogen) atoms. The molecule has 0 saturated carbocycles. The van der Waals surface area contributed by atoms with Crippen LogP contribution in [-0.2, 0) is 11.0 Å². The van der Waals surface area contributed by atoms with Crippen LogP contribution in [0.25, 0.3) is 5.57 Å². The van der Waals surface area contributed by atoms with Gasteiger partial charge in [0, 0.05) is 37.7 Å². The molecule has 0 fully saturated rings. The number of hydrogen-bond acceptors (Lipinski definition) is 7. The molecule has 1 amide bonds. The third-order valence-corrected chi connectivity index (χ3v) is 5.96. The monoisotopic (exact) mass is 512 g/mol. The third kappa shape index (κ3) is 7.13. The Kier molecular flexibility index (Phi) is 8.32. The van der Waals surface area contributed by atoms with Gasteiger partial charge in [0.25, 0.3) is 5.91 Å². The number of halogens is 3. The van der Waals surface area contributed by atoms with Crippen LogP contribution < -0.4 is 5.32 Å². The lowest BCUT2D eigenvalue weighted by molar-refractivity contribution is -0.138. The SMILES string of the molecule is CC1/C=C(/c2ncc(C#N)cn2)CC(C)CN(C[C@](C)(O)C(=O)Nc2ccc(C#N)c(C(F)(F)F)c2)C1. The van der Waals surface area contributed by atoms with E-state index in [4.69, 9.17) is 10.5 Å². The number of nitriles is 2. The highest BCUT2D eigenvalue weighted by atomic mass is 19.4. The van der Waals surface area contributed by atoms with E-state index < -0.39 is 28.8 Å². The molecule has 2 heterocycles. The Morgan fingerprint density at radius 2 is 1.86 bits per heavy atom. The van der Waals surface area contributed by atoms with E-state index in [1.807, 2.05) is 30.9 Å². The molecule has 2 N–H and O–H groups in total. The summed E-state index contributed by atoms with van der Waals surface area (Å²) in [6, 6.07) is 6.35. The van der Waals surface area contributed by atoms with Crippen molar-refractivity contribution in [3.05, 3.63) is 59.2 Å². The molecule has 0 spiro atoms. The summed E-state index contributed by atoms with van der Waals surface area (Å²) in [5, 5.41) is 31.2. The van der Waals surface area contributed by atoms with E-state index in [0.29, 0.717) is 37.0 Å². The van der Waals surface area contributed by atoms with Crippen LogP contribution in [-0.4, -0.2) is 51.1 Å². The van der Waals surface area contributed by atoms with Gasteiger partial charge in [0.1, 0.15) is 6.07 Å². The summed E-state index contributed by atoms with van der Waals surface area (Å²) in [6.07, 6.45) is 0.872. The highest BCUT2D eigenvalue weighted by molar-refractivity contribution is 5.97. The first-order valence-electron chi connectivity index (χ1n) is 11.6. The van der Waals surface area contributed by atoms with Crippen molar-refractivity contribution < 1.29 is 23.1 Å². The van der Waals surface area contributed by atoms with Gasteiger partial charge in [-0.05, 0) is 49.0 Å². The molecule has 3 atom stereocenters. The Bertz CT molecular complexity index is 1260. The van der Waals surface area contributed by atoms with Gasteiger partial charge in [-0.2, -0.15) is 23.7 Å². The Labute approximate surface area is 213 Å². The van der Waals surface area contributed by atoms with Crippen LogP contribution in [0.15, 0.2) is 36.7 Å². The van der Waals surface area contributed by atoms with E-state index in [-0.39, 0.29) is 24.1 Å². The van der Waals surface area contributed by atoms with Crippen molar-refractivity contribution in [3.8, 4) is 12.1 Å². The molecule has 0 radical (unpaired) electrons. The number of amides is 1. The summed E-state index contributed by atoms with van der Waals surface area (Å²) in [5.41, 5.74) is -2.45. The standard InChI is InChI=1S/C26H27F3N6O2/c1-16-6-20(23-32-11-18(9-30)12-33-23)7-17(2)14-35(13-16)15-25(3,37)24(36)34-21-5-4-19(10-31)22(8-21)26(27,28)29/h4-6,8,11-12,16-17,37H,7,13-15H2,1-3H3,(H,34,36)/b20-6+/t16?,17?,25-/m0/s1. The molecule has 0 aliphatic carbocycles. The first-order chi connectivity index (χ1) is 17.3. The molecule has 1 aliphatic heterocycles. The molecule has 194 valence electrons. The number of alkyl halides is 3. The molecule has 1 aromatic carbocycles. The van der Waals surface area contributed by atoms with Gasteiger partial charge < -0.3 is 10.4 Å². The number of carbonyl (C=O) groups excluding carboxylic acids is 1. The summed E-state index contributed by atoms with van der Waals surface area (Å²) in [6.45, 7) is 6.35. The highest BCUT2D eigenvalue weighted by Gasteiger charge is 2.36. The number of β-amino-alcohol motifs (C(OH)–C–C–N with tert-alkyl or cyclic N) is 1. The van der Waals surface area contributed by atoms with E-state index in [2.05, 4.69) is 15.3 Å². The lowest BCUT2D eigenvalue weighted by Gasteiger charge is -2.35. The quantitative estimate of drug-likeness (QED) is 0.620. The van der Waals surface area contributed by atoms with E-state index >= 15 is 0 Å². The number of rotatable bonds is 5. The summed E-state index contributed by atoms with van der Waals surface area (Å²) in [7, 11) is 0. The summed E-state index contributed by atoms with van der Waals surface area (Å²) < 4.78 is 39.8. The average molecular weight is 513 g/mol. The normalized spacial score (nSPS) is 21.8. The fourth-order valence-electron chi connectivity index (χ4n) is 4.40. The third-order valence-electron chi connectivity index (χ3n) is 5.96. The zero-order valence-corrected chi connectivity index (χ0v) is 20.7. The zero-order chi connectivity index (χ0) is 27.4. The maximum Gasteiger partial charge on any atom is 0.417 e. The molecular formula is C26H27F3N6O2. The minimum atomic E-state index is -4.76. The molecule has 1 aromatic heterocycles. The number of benzene rings is 1. The van der Waals surface area contributed by atoms with Crippen LogP contribution in [0, 0.1) is 34.5 Å². The van der Waals surface area contributed by atoms with Crippen LogP contribution in [0.3, 0.4) is 0 Å². The van der Waals surface area contributed by atoms with Crippen molar-refractivity contribution in [3.63, 3.8) is 0 Å². The molecule has 11 heteroatoms. The lowest BCUT2D eigenvalue weighted by Crippen LogP contribution is -2.51. The fraction of sp³-hybridized carbons (Fsp3) is 0.423. The van der Waals surface area contributed by atoms with E-state index in [9.17, 15) is 23.1 Å². The second-order valence-electron chi connectivity index (χ2n) is 9.68. The van der Waals surface area contributed by atoms with Crippen LogP contribution in [0.5, 0.6) is 0 Å². The second kappa shape index (κ2) is 11.1. The van der Waals surface area contributed by atoms with Gasteiger partial charge >= 0.3 is 6.18 Å². The zero-order valence-electron chi connectivity index (χ0n) is 20.7. The molecule has 0 saturated heterocycles. The molecule has 3 rings (SSSR count). The predicted molar refractivity (Wildman–Crippen MR) is 130 cm³/mol. The second-order valence-corrected chi connectivity index (χ2v) is 9.68. The van der Waals surface area contributed by atoms with Crippen LogP contribution in [0.1, 0.15) is 49.7 Å². The predicted octanol–water partition coefficient (Wildman–Crippen LogP) is 3.99. The van der Waals surface area contributed by atoms with Gasteiger partial charge in [0.15, 0.2) is 11.4 Å². The number of nitrogens with zero attached hydrogens (tertiary/aromatic N) is 5. The van der Waals surface area contributed by atoms with Crippen molar-refractivity contribution in [2.24, 2.45) is 11.8 Å². The Balaban J connectivity index is 1.72. The summed E-state index contributed by atoms with van der Waals surface area (Å²) in [4.78, 5) is 23.4. The minimum Gasteiger partial charge on any atom is -0.379 e. The van der Waals surface area contributed by atoms with Gasteiger partial charge in [-0.3, -0.25) is 9.69 Å². The van der Waals surface area contributed by atoms with Crippen molar-refractivity contribution in [1.29, 1.82) is 10.5 Å². The van der Waals surface area contributed by atoms with Crippen molar-refractivity contribution in [2.75, 3.05) is 25.0 Å². The smallest absolute Gasteiger partial charge is 0.379 e. The van der Waals surface area contributed by atoms with Gasteiger partial charge in [-0.25, -0.2) is 9.97 Å². The van der Waals surface area contributed by atoms with E-state index in [0.717, 1.165) is 11.6 Å². The first-order valence-corrected chi connectivity index (χ1v) is 11.6. The Morgan fingerprint density at radius 1 is 1.19 bits per heavy atom. The molecule has 8 nitrogen and oxygen atoms in total. The fourth-order valence-corrected chi connectivity index (χ4v) is 4.40. The minimum absolute atomic E-state index is 0.0217. The molecule has 2 unspecified atom stereocenters. The van der Waals surface area contributed by atoms with Crippen LogP contribution in [0.4, 0.5) is 18.9 Å². The lowest BCUT2D eigenvalue weighted by atomic mass is 9.92. The Morgan fingerprint density at radius 3 is 2.46 bits per heavy atom. The van der Waals surface area contributed by atoms with Gasteiger partial charge in [-0.15, -0.1) is 0 Å². The van der Waals surface area contributed by atoms with Gasteiger partial charge in [0.2, 0.25) is 0 Å². The topological polar surface area (TPSA) is 126 Å². The maximum absolute atomic E-state index is 13.3. The number of hydrogen-bond donors (Lipinski definition) is 2. The maximum atomic E-state index is 13.3. The summed E-state index contributed by atoms with van der Waals surface area (Å²) in [5.74, 6) is -0.161. The van der Waals surface area contributed by atoms with E-state index in [1.165, 1.54) is 31.5 Å².